The van der Waals surface area contributed by atoms with Crippen LogP contribution in [0.4, 0.5) is 26.3 Å². The molecule has 31 heavy (non-hydrogen) atoms. The monoisotopic (exact) mass is 468 g/mol. The lowest BCUT2D eigenvalue weighted by atomic mass is 9.88. The highest BCUT2D eigenvalue weighted by atomic mass is 35.5. The van der Waals surface area contributed by atoms with Crippen molar-refractivity contribution in [1.82, 2.24) is 0 Å². The summed E-state index contributed by atoms with van der Waals surface area (Å²) in [6, 6.07) is 6.31. The average Bonchev–Trinajstić information content (AvgIpc) is 2.64. The molecule has 0 bridgehead atoms. The predicted molar refractivity (Wildman–Crippen MR) is 103 cm³/mol. The van der Waals surface area contributed by atoms with Gasteiger partial charge in [-0.15, -0.1) is 0 Å². The maximum absolute atomic E-state index is 12.8. The molecule has 0 aromatic heterocycles. The highest BCUT2D eigenvalue weighted by molar-refractivity contribution is 6.34. The Kier molecular flexibility index (Phi) is 7.52. The summed E-state index contributed by atoms with van der Waals surface area (Å²) in [4.78, 5) is 11.8. The topological polar surface area (TPSA) is 46.5 Å². The summed E-state index contributed by atoms with van der Waals surface area (Å²) in [7, 11) is 0. The van der Waals surface area contributed by atoms with Gasteiger partial charge in [0.25, 0.3) is 0 Å². The number of aliphatic carboxylic acids is 1. The molecule has 0 aliphatic heterocycles. The van der Waals surface area contributed by atoms with Crippen molar-refractivity contribution in [3.63, 3.8) is 0 Å². The van der Waals surface area contributed by atoms with Crippen LogP contribution in [0, 0.1) is 5.92 Å². The minimum atomic E-state index is -4.67. The maximum atomic E-state index is 12.8. The van der Waals surface area contributed by atoms with E-state index in [1.165, 1.54) is 6.07 Å². The number of carboxylic acid groups (broad SMARTS) is 1. The van der Waals surface area contributed by atoms with Crippen molar-refractivity contribution >= 4 is 17.6 Å². The van der Waals surface area contributed by atoms with Gasteiger partial charge in [0.15, 0.2) is 6.61 Å². The van der Waals surface area contributed by atoms with Crippen LogP contribution in [0.3, 0.4) is 0 Å². The number of benzene rings is 2. The van der Waals surface area contributed by atoms with Crippen molar-refractivity contribution < 1.29 is 41.0 Å². The van der Waals surface area contributed by atoms with Gasteiger partial charge >= 0.3 is 18.3 Å². The summed E-state index contributed by atoms with van der Waals surface area (Å²) in [6.07, 6.45) is -9.06. The Bertz CT molecular complexity index is 920. The Morgan fingerprint density at radius 1 is 1.06 bits per heavy atom. The molecule has 0 radical (unpaired) electrons. The Hall–Kier alpha value is -2.42. The number of alkyl halides is 6. The minimum Gasteiger partial charge on any atom is -0.483 e. The van der Waals surface area contributed by atoms with Gasteiger partial charge in [-0.1, -0.05) is 37.6 Å². The van der Waals surface area contributed by atoms with E-state index in [-0.39, 0.29) is 34.1 Å². The van der Waals surface area contributed by atoms with E-state index in [0.717, 1.165) is 30.3 Å². The molecule has 0 aliphatic carbocycles. The van der Waals surface area contributed by atoms with E-state index < -0.39 is 42.2 Å². The van der Waals surface area contributed by atoms with Gasteiger partial charge < -0.3 is 9.84 Å². The van der Waals surface area contributed by atoms with Crippen LogP contribution in [0.5, 0.6) is 5.75 Å². The standard InChI is InChI=1S/C21H19ClF6O3/c1-11(2)7-16(19(29)30)13-8-15(12-3-5-14(6-4-12)21(26,27)28)18(22)17(9-13)31-10-20(23,24)25/h3-6,8-9,11,16H,7,10H2,1-2H3,(H,29,30)/t16-/m1/s1. The number of hydrogen-bond acceptors (Lipinski definition) is 2. The lowest BCUT2D eigenvalue weighted by Gasteiger charge is -2.20. The highest BCUT2D eigenvalue weighted by Crippen LogP contribution is 2.41. The summed E-state index contributed by atoms with van der Waals surface area (Å²) < 4.78 is 81.2. The molecule has 0 fully saturated rings. The Morgan fingerprint density at radius 3 is 2.10 bits per heavy atom. The second-order valence-corrected chi connectivity index (χ2v) is 7.76. The second kappa shape index (κ2) is 9.38. The fourth-order valence-corrected chi connectivity index (χ4v) is 3.26. The number of hydrogen-bond donors (Lipinski definition) is 1. The molecule has 2 rings (SSSR count). The number of rotatable bonds is 7. The number of carboxylic acids is 1. The smallest absolute Gasteiger partial charge is 0.422 e. The molecule has 0 unspecified atom stereocenters. The Labute approximate surface area is 179 Å². The van der Waals surface area contributed by atoms with E-state index >= 15 is 0 Å². The van der Waals surface area contributed by atoms with E-state index in [9.17, 15) is 36.2 Å². The summed E-state index contributed by atoms with van der Waals surface area (Å²) in [5.74, 6) is -2.72. The molecule has 3 nitrogen and oxygen atoms in total. The lowest BCUT2D eigenvalue weighted by molar-refractivity contribution is -0.153. The molecule has 10 heteroatoms. The van der Waals surface area contributed by atoms with Crippen molar-refractivity contribution in [2.24, 2.45) is 5.92 Å². The Morgan fingerprint density at radius 2 is 1.65 bits per heavy atom. The minimum absolute atomic E-state index is 0.0501. The number of ether oxygens (including phenoxy) is 1. The van der Waals surface area contributed by atoms with E-state index in [4.69, 9.17) is 16.3 Å². The first-order chi connectivity index (χ1) is 14.2. The van der Waals surface area contributed by atoms with Crippen LogP contribution >= 0.6 is 11.6 Å². The number of halogens is 7. The van der Waals surface area contributed by atoms with Gasteiger partial charge in [0.05, 0.1) is 16.5 Å². The summed E-state index contributed by atoms with van der Waals surface area (Å²) in [5, 5.41) is 9.34. The van der Waals surface area contributed by atoms with Gasteiger partial charge in [0.2, 0.25) is 0 Å². The molecule has 0 spiro atoms. The normalized spacial score (nSPS) is 13.4. The zero-order chi connectivity index (χ0) is 23.6. The van der Waals surface area contributed by atoms with Crippen LogP contribution in [-0.4, -0.2) is 23.9 Å². The third kappa shape index (κ3) is 6.78. The molecule has 0 saturated carbocycles. The van der Waals surface area contributed by atoms with Crippen LogP contribution in [0.2, 0.25) is 5.02 Å². The zero-order valence-corrected chi connectivity index (χ0v) is 17.2. The predicted octanol–water partition coefficient (Wildman–Crippen LogP) is 7.18. The first-order valence-electron chi connectivity index (χ1n) is 9.12. The molecule has 2 aromatic carbocycles. The van der Waals surface area contributed by atoms with E-state index in [0.29, 0.717) is 0 Å². The van der Waals surface area contributed by atoms with Gasteiger partial charge in [0, 0.05) is 5.56 Å². The number of carbonyl (C=O) groups is 1. The van der Waals surface area contributed by atoms with Gasteiger partial charge in [-0.05, 0) is 47.7 Å². The molecular formula is C21H19ClF6O3. The second-order valence-electron chi connectivity index (χ2n) is 7.38. The fourth-order valence-electron chi connectivity index (χ4n) is 2.98. The molecule has 0 heterocycles. The molecule has 1 N–H and O–H groups in total. The third-order valence-electron chi connectivity index (χ3n) is 4.38. The maximum Gasteiger partial charge on any atom is 0.422 e. The zero-order valence-electron chi connectivity index (χ0n) is 16.4. The molecular weight excluding hydrogens is 450 g/mol. The van der Waals surface area contributed by atoms with Crippen LogP contribution < -0.4 is 4.74 Å². The van der Waals surface area contributed by atoms with Crippen LogP contribution in [0.15, 0.2) is 36.4 Å². The Balaban J connectivity index is 2.61. The van der Waals surface area contributed by atoms with Gasteiger partial charge in [-0.25, -0.2) is 0 Å². The van der Waals surface area contributed by atoms with Crippen LogP contribution in [0.25, 0.3) is 11.1 Å². The molecule has 0 aliphatic rings. The van der Waals surface area contributed by atoms with Gasteiger partial charge in [0.1, 0.15) is 5.75 Å². The first-order valence-corrected chi connectivity index (χ1v) is 9.50. The van der Waals surface area contributed by atoms with Crippen molar-refractivity contribution in [2.45, 2.75) is 38.5 Å². The van der Waals surface area contributed by atoms with E-state index in [1.54, 1.807) is 13.8 Å². The lowest BCUT2D eigenvalue weighted by Crippen LogP contribution is -2.20. The first kappa shape index (κ1) is 24.8. The summed E-state index contributed by atoms with van der Waals surface area (Å²) in [6.45, 7) is 1.90. The molecule has 2 aromatic rings. The van der Waals surface area contributed by atoms with E-state index in [1.807, 2.05) is 0 Å². The quantitative estimate of drug-likeness (QED) is 0.438. The van der Waals surface area contributed by atoms with Crippen LogP contribution in [0.1, 0.15) is 37.3 Å². The summed E-state index contributed by atoms with van der Waals surface area (Å²) in [5.41, 5.74) is -0.538. The van der Waals surface area contributed by atoms with E-state index in [2.05, 4.69) is 0 Å². The van der Waals surface area contributed by atoms with Crippen molar-refractivity contribution in [1.29, 1.82) is 0 Å². The van der Waals surface area contributed by atoms with Crippen molar-refractivity contribution in [3.8, 4) is 16.9 Å². The largest absolute Gasteiger partial charge is 0.483 e. The van der Waals surface area contributed by atoms with Crippen LogP contribution in [-0.2, 0) is 11.0 Å². The molecule has 170 valence electrons. The summed E-state index contributed by atoms with van der Waals surface area (Å²) >= 11 is 6.20. The van der Waals surface area contributed by atoms with Gasteiger partial charge in [-0.2, -0.15) is 26.3 Å². The van der Waals surface area contributed by atoms with Crippen molar-refractivity contribution in [3.05, 3.63) is 52.5 Å². The van der Waals surface area contributed by atoms with Gasteiger partial charge in [-0.3, -0.25) is 4.79 Å². The SMILES string of the molecule is CC(C)C[C@@H](C(=O)O)c1cc(OCC(F)(F)F)c(Cl)c(-c2ccc(C(F)(F)F)cc2)c1. The van der Waals surface area contributed by atoms with Crippen molar-refractivity contribution in [2.75, 3.05) is 6.61 Å². The fraction of sp³-hybridized carbons (Fsp3) is 0.381. The molecule has 1 atom stereocenters. The molecule has 0 saturated heterocycles. The average molecular weight is 469 g/mol. The third-order valence-corrected chi connectivity index (χ3v) is 4.77. The molecule has 0 amide bonds. The highest BCUT2D eigenvalue weighted by Gasteiger charge is 2.31.